The van der Waals surface area contributed by atoms with E-state index in [4.69, 9.17) is 14.6 Å². The first kappa shape index (κ1) is 14.5. The van der Waals surface area contributed by atoms with Gasteiger partial charge in [0.15, 0.2) is 5.41 Å². The summed E-state index contributed by atoms with van der Waals surface area (Å²) in [5.41, 5.74) is 1.59. The average molecular weight is 278 g/mol. The molecule has 0 aliphatic heterocycles. The van der Waals surface area contributed by atoms with Crippen LogP contribution in [0.15, 0.2) is 18.2 Å². The fourth-order valence-corrected chi connectivity index (χ4v) is 2.78. The van der Waals surface area contributed by atoms with E-state index in [-0.39, 0.29) is 13.0 Å². The summed E-state index contributed by atoms with van der Waals surface area (Å²) in [6, 6.07) is 5.73. The SMILES string of the molecule is COC(=O)C1(C(=O)OC)Cc2ccc(CCO)cc2C1. The summed E-state index contributed by atoms with van der Waals surface area (Å²) in [6.45, 7) is 0.0674. The predicted molar refractivity (Wildman–Crippen MR) is 71.1 cm³/mol. The maximum atomic E-state index is 12.1. The molecule has 0 heterocycles. The van der Waals surface area contributed by atoms with Crippen LogP contribution in [0, 0.1) is 5.41 Å². The number of carbonyl (C=O) groups excluding carboxylic acids is 2. The van der Waals surface area contributed by atoms with E-state index in [1.165, 1.54) is 14.2 Å². The van der Waals surface area contributed by atoms with E-state index < -0.39 is 17.4 Å². The van der Waals surface area contributed by atoms with E-state index in [1.807, 2.05) is 18.2 Å². The maximum absolute atomic E-state index is 12.1. The van der Waals surface area contributed by atoms with Crippen molar-refractivity contribution in [2.45, 2.75) is 19.3 Å². The van der Waals surface area contributed by atoms with Gasteiger partial charge >= 0.3 is 11.9 Å². The van der Waals surface area contributed by atoms with E-state index in [0.717, 1.165) is 16.7 Å². The van der Waals surface area contributed by atoms with Crippen molar-refractivity contribution in [1.82, 2.24) is 0 Å². The van der Waals surface area contributed by atoms with Crippen LogP contribution in [0.1, 0.15) is 16.7 Å². The number of fused-ring (bicyclic) bond motifs is 1. The molecular weight excluding hydrogens is 260 g/mol. The average Bonchev–Trinajstić information content (AvgIpc) is 2.85. The molecule has 0 fully saturated rings. The summed E-state index contributed by atoms with van der Waals surface area (Å²) in [4.78, 5) is 24.1. The highest BCUT2D eigenvalue weighted by Gasteiger charge is 2.52. The van der Waals surface area contributed by atoms with Crippen LogP contribution >= 0.6 is 0 Å². The van der Waals surface area contributed by atoms with Crippen LogP contribution in [0.25, 0.3) is 0 Å². The first-order valence-electron chi connectivity index (χ1n) is 6.46. The summed E-state index contributed by atoms with van der Waals surface area (Å²) in [5, 5.41) is 8.98. The molecule has 0 unspecified atom stereocenters. The number of esters is 2. The lowest BCUT2D eigenvalue weighted by Gasteiger charge is -2.22. The van der Waals surface area contributed by atoms with E-state index >= 15 is 0 Å². The van der Waals surface area contributed by atoms with Crippen LogP contribution in [-0.2, 0) is 38.3 Å². The van der Waals surface area contributed by atoms with Crippen LogP contribution in [0.4, 0.5) is 0 Å². The first-order chi connectivity index (χ1) is 9.57. The number of rotatable bonds is 4. The zero-order chi connectivity index (χ0) is 14.8. The highest BCUT2D eigenvalue weighted by Crippen LogP contribution is 2.39. The molecule has 1 aromatic rings. The smallest absolute Gasteiger partial charge is 0.323 e. The number of benzene rings is 1. The second kappa shape index (κ2) is 5.63. The Bertz CT molecular complexity index is 519. The largest absolute Gasteiger partial charge is 0.468 e. The fourth-order valence-electron chi connectivity index (χ4n) is 2.78. The van der Waals surface area contributed by atoms with Gasteiger partial charge in [-0.1, -0.05) is 18.2 Å². The molecule has 1 N–H and O–H groups in total. The molecule has 0 spiro atoms. The molecule has 0 saturated carbocycles. The van der Waals surface area contributed by atoms with Crippen LogP contribution in [0.2, 0.25) is 0 Å². The molecule has 0 bridgehead atoms. The number of carbonyl (C=O) groups is 2. The second-order valence-electron chi connectivity index (χ2n) is 5.00. The van der Waals surface area contributed by atoms with Crippen LogP contribution in [0.3, 0.4) is 0 Å². The van der Waals surface area contributed by atoms with E-state index in [9.17, 15) is 9.59 Å². The Morgan fingerprint density at radius 3 is 2.30 bits per heavy atom. The van der Waals surface area contributed by atoms with Gasteiger partial charge in [0.2, 0.25) is 0 Å². The molecule has 5 nitrogen and oxygen atoms in total. The molecule has 1 aromatic carbocycles. The van der Waals surface area contributed by atoms with Gasteiger partial charge in [0, 0.05) is 6.61 Å². The summed E-state index contributed by atoms with van der Waals surface area (Å²) in [6.07, 6.45) is 1.12. The van der Waals surface area contributed by atoms with Gasteiger partial charge in [-0.15, -0.1) is 0 Å². The van der Waals surface area contributed by atoms with Crippen molar-refractivity contribution < 1.29 is 24.2 Å². The molecular formula is C15H18O5. The van der Waals surface area contributed by atoms with E-state index in [2.05, 4.69) is 0 Å². The highest BCUT2D eigenvalue weighted by atomic mass is 16.5. The zero-order valence-corrected chi connectivity index (χ0v) is 11.6. The number of aliphatic hydroxyl groups is 1. The standard InChI is InChI=1S/C15H18O5/c1-19-13(17)15(14(18)20-2)8-11-4-3-10(5-6-16)7-12(11)9-15/h3-4,7,16H,5-6,8-9H2,1-2H3. The van der Waals surface area contributed by atoms with Crippen molar-refractivity contribution >= 4 is 11.9 Å². The summed E-state index contributed by atoms with van der Waals surface area (Å²) in [7, 11) is 2.54. The third-order valence-electron chi connectivity index (χ3n) is 3.81. The molecule has 20 heavy (non-hydrogen) atoms. The minimum Gasteiger partial charge on any atom is -0.468 e. The van der Waals surface area contributed by atoms with Crippen molar-refractivity contribution in [2.75, 3.05) is 20.8 Å². The monoisotopic (exact) mass is 278 g/mol. The number of hydrogen-bond acceptors (Lipinski definition) is 5. The van der Waals surface area contributed by atoms with E-state index in [1.54, 1.807) is 0 Å². The summed E-state index contributed by atoms with van der Waals surface area (Å²) < 4.78 is 9.58. The Morgan fingerprint density at radius 2 is 1.75 bits per heavy atom. The van der Waals surface area contributed by atoms with Crippen molar-refractivity contribution in [3.05, 3.63) is 34.9 Å². The van der Waals surface area contributed by atoms with Crippen molar-refractivity contribution in [3.63, 3.8) is 0 Å². The quantitative estimate of drug-likeness (QED) is 0.647. The molecule has 2 rings (SSSR count). The minimum atomic E-state index is -1.27. The van der Waals surface area contributed by atoms with Gasteiger partial charge < -0.3 is 14.6 Å². The molecule has 0 saturated heterocycles. The van der Waals surface area contributed by atoms with Crippen LogP contribution in [0.5, 0.6) is 0 Å². The van der Waals surface area contributed by atoms with Gasteiger partial charge in [-0.2, -0.15) is 0 Å². The number of aliphatic hydroxyl groups excluding tert-OH is 1. The highest BCUT2D eigenvalue weighted by molar-refractivity contribution is 6.01. The number of methoxy groups -OCH3 is 2. The molecule has 1 aliphatic carbocycles. The molecule has 5 heteroatoms. The molecule has 0 radical (unpaired) electrons. The number of hydrogen-bond donors (Lipinski definition) is 1. The van der Waals surface area contributed by atoms with Gasteiger partial charge in [0.25, 0.3) is 0 Å². The Labute approximate surface area is 117 Å². The topological polar surface area (TPSA) is 72.8 Å². The van der Waals surface area contributed by atoms with Crippen molar-refractivity contribution in [2.24, 2.45) is 5.41 Å². The third-order valence-corrected chi connectivity index (χ3v) is 3.81. The lowest BCUT2D eigenvalue weighted by molar-refractivity contribution is -0.168. The normalized spacial score (nSPS) is 15.6. The first-order valence-corrected chi connectivity index (χ1v) is 6.46. The maximum Gasteiger partial charge on any atom is 0.323 e. The zero-order valence-electron chi connectivity index (χ0n) is 11.6. The Morgan fingerprint density at radius 1 is 1.15 bits per heavy atom. The van der Waals surface area contributed by atoms with Gasteiger partial charge in [-0.3, -0.25) is 9.59 Å². The van der Waals surface area contributed by atoms with Crippen LogP contribution in [-0.4, -0.2) is 37.9 Å². The predicted octanol–water partition coefficient (Wildman–Crippen LogP) is 0.652. The lowest BCUT2D eigenvalue weighted by Crippen LogP contribution is -2.42. The van der Waals surface area contributed by atoms with Crippen molar-refractivity contribution in [3.8, 4) is 0 Å². The second-order valence-corrected chi connectivity index (χ2v) is 5.00. The van der Waals surface area contributed by atoms with Gasteiger partial charge in [-0.05, 0) is 36.0 Å². The molecule has 1 aliphatic rings. The molecule has 0 amide bonds. The molecule has 0 aromatic heterocycles. The Hall–Kier alpha value is -1.88. The lowest BCUT2D eigenvalue weighted by atomic mass is 9.85. The third kappa shape index (κ3) is 2.29. The minimum absolute atomic E-state index is 0.0674. The molecule has 108 valence electrons. The van der Waals surface area contributed by atoms with Crippen molar-refractivity contribution in [1.29, 1.82) is 0 Å². The van der Waals surface area contributed by atoms with Gasteiger partial charge in [0.1, 0.15) is 0 Å². The van der Waals surface area contributed by atoms with E-state index in [0.29, 0.717) is 12.8 Å². The Kier molecular flexibility index (Phi) is 4.09. The summed E-state index contributed by atoms with van der Waals surface area (Å²) >= 11 is 0. The number of ether oxygens (including phenoxy) is 2. The Balaban J connectivity index is 2.37. The summed E-state index contributed by atoms with van der Waals surface area (Å²) in [5.74, 6) is -1.13. The van der Waals surface area contributed by atoms with Crippen LogP contribution < -0.4 is 0 Å². The van der Waals surface area contributed by atoms with Gasteiger partial charge in [0.05, 0.1) is 14.2 Å². The fraction of sp³-hybridized carbons (Fsp3) is 0.467. The molecule has 0 atom stereocenters. The van der Waals surface area contributed by atoms with Gasteiger partial charge in [-0.25, -0.2) is 0 Å².